The topological polar surface area (TPSA) is 103 Å². The maximum atomic E-state index is 12.2. The van der Waals surface area contributed by atoms with Crippen molar-refractivity contribution in [1.82, 2.24) is 9.55 Å². The fourth-order valence-corrected chi connectivity index (χ4v) is 2.51. The van der Waals surface area contributed by atoms with E-state index >= 15 is 0 Å². The lowest BCUT2D eigenvalue weighted by molar-refractivity contribution is -0.384. The SMILES string of the molecule is Cn1cc([N+](=O)[O-])cc1C(=O)Nc1ccc(N2CCOCC2)nc1. The van der Waals surface area contributed by atoms with E-state index in [0.29, 0.717) is 18.9 Å². The molecule has 0 radical (unpaired) electrons. The molecule has 1 saturated heterocycles. The maximum absolute atomic E-state index is 12.2. The Balaban J connectivity index is 1.69. The minimum Gasteiger partial charge on any atom is -0.378 e. The van der Waals surface area contributed by atoms with Crippen LogP contribution in [-0.2, 0) is 11.8 Å². The van der Waals surface area contributed by atoms with Gasteiger partial charge in [-0.3, -0.25) is 14.9 Å². The van der Waals surface area contributed by atoms with Gasteiger partial charge in [0.25, 0.3) is 11.6 Å². The number of nitrogens with one attached hydrogen (secondary N) is 1. The molecule has 3 rings (SSSR count). The van der Waals surface area contributed by atoms with Gasteiger partial charge in [-0.1, -0.05) is 0 Å². The molecule has 2 aromatic rings. The number of nitrogens with zero attached hydrogens (tertiary/aromatic N) is 4. The van der Waals surface area contributed by atoms with Gasteiger partial charge in [-0.2, -0.15) is 0 Å². The van der Waals surface area contributed by atoms with E-state index in [-0.39, 0.29) is 11.4 Å². The van der Waals surface area contributed by atoms with E-state index in [1.54, 1.807) is 19.3 Å². The Morgan fingerprint density at radius 1 is 1.38 bits per heavy atom. The molecule has 126 valence electrons. The smallest absolute Gasteiger partial charge is 0.287 e. The molecule has 0 aromatic carbocycles. The normalized spacial score (nSPS) is 14.5. The van der Waals surface area contributed by atoms with E-state index in [2.05, 4.69) is 15.2 Å². The third-order valence-electron chi connectivity index (χ3n) is 3.77. The minimum atomic E-state index is -0.532. The summed E-state index contributed by atoms with van der Waals surface area (Å²) in [6, 6.07) is 4.83. The predicted molar refractivity (Wildman–Crippen MR) is 87.3 cm³/mol. The van der Waals surface area contributed by atoms with Crippen molar-refractivity contribution in [2.24, 2.45) is 7.05 Å². The maximum Gasteiger partial charge on any atom is 0.287 e. The highest BCUT2D eigenvalue weighted by atomic mass is 16.6. The molecule has 3 heterocycles. The fraction of sp³-hybridized carbons (Fsp3) is 0.333. The van der Waals surface area contributed by atoms with Gasteiger partial charge in [0.2, 0.25) is 0 Å². The van der Waals surface area contributed by atoms with E-state index in [0.717, 1.165) is 18.9 Å². The number of nitro groups is 1. The number of morpholine rings is 1. The zero-order chi connectivity index (χ0) is 17.1. The number of carbonyl (C=O) groups is 1. The lowest BCUT2D eigenvalue weighted by Crippen LogP contribution is -2.36. The average Bonchev–Trinajstić information content (AvgIpc) is 2.99. The van der Waals surface area contributed by atoms with Crippen LogP contribution in [0.3, 0.4) is 0 Å². The first-order valence-corrected chi connectivity index (χ1v) is 7.45. The second-order valence-corrected chi connectivity index (χ2v) is 5.41. The summed E-state index contributed by atoms with van der Waals surface area (Å²) in [4.78, 5) is 28.9. The monoisotopic (exact) mass is 331 g/mol. The number of aromatic nitrogens is 2. The number of ether oxygens (including phenoxy) is 1. The lowest BCUT2D eigenvalue weighted by atomic mass is 10.3. The summed E-state index contributed by atoms with van der Waals surface area (Å²) in [6.07, 6.45) is 2.87. The summed E-state index contributed by atoms with van der Waals surface area (Å²) in [5.41, 5.74) is 0.614. The number of rotatable bonds is 4. The van der Waals surface area contributed by atoms with Crippen LogP contribution in [0.2, 0.25) is 0 Å². The Morgan fingerprint density at radius 2 is 2.12 bits per heavy atom. The van der Waals surface area contributed by atoms with Crippen LogP contribution < -0.4 is 10.2 Å². The first kappa shape index (κ1) is 15.9. The zero-order valence-electron chi connectivity index (χ0n) is 13.1. The summed E-state index contributed by atoms with van der Waals surface area (Å²) in [7, 11) is 1.59. The molecule has 2 aromatic heterocycles. The molecule has 1 fully saturated rings. The second kappa shape index (κ2) is 6.67. The molecule has 9 nitrogen and oxygen atoms in total. The molecule has 0 saturated carbocycles. The summed E-state index contributed by atoms with van der Waals surface area (Å²) < 4.78 is 6.72. The van der Waals surface area contributed by atoms with Crippen molar-refractivity contribution in [2.75, 3.05) is 36.5 Å². The van der Waals surface area contributed by atoms with Crippen molar-refractivity contribution in [3.63, 3.8) is 0 Å². The van der Waals surface area contributed by atoms with Crippen LogP contribution in [0.5, 0.6) is 0 Å². The number of carbonyl (C=O) groups excluding carboxylic acids is 1. The van der Waals surface area contributed by atoms with E-state index in [9.17, 15) is 14.9 Å². The highest BCUT2D eigenvalue weighted by Gasteiger charge is 2.18. The van der Waals surface area contributed by atoms with E-state index in [1.165, 1.54) is 16.8 Å². The second-order valence-electron chi connectivity index (χ2n) is 5.41. The summed E-state index contributed by atoms with van der Waals surface area (Å²) in [6.45, 7) is 2.91. The van der Waals surface area contributed by atoms with Crippen molar-refractivity contribution in [2.45, 2.75) is 0 Å². The number of hydrogen-bond donors (Lipinski definition) is 1. The molecule has 1 amide bonds. The van der Waals surface area contributed by atoms with Gasteiger partial charge >= 0.3 is 0 Å². The van der Waals surface area contributed by atoms with Crippen LogP contribution in [0.25, 0.3) is 0 Å². The summed E-state index contributed by atoms with van der Waals surface area (Å²) in [5.74, 6) is 0.400. The Hall–Kier alpha value is -2.94. The molecule has 0 bridgehead atoms. The highest BCUT2D eigenvalue weighted by molar-refractivity contribution is 6.03. The van der Waals surface area contributed by atoms with Gasteiger partial charge in [-0.25, -0.2) is 4.98 Å². The van der Waals surface area contributed by atoms with Gasteiger partial charge in [0, 0.05) is 26.2 Å². The quantitative estimate of drug-likeness (QED) is 0.671. The van der Waals surface area contributed by atoms with Crippen molar-refractivity contribution < 1.29 is 14.5 Å². The van der Waals surface area contributed by atoms with Crippen molar-refractivity contribution in [3.8, 4) is 0 Å². The largest absolute Gasteiger partial charge is 0.378 e. The molecule has 1 N–H and O–H groups in total. The van der Waals surface area contributed by atoms with Crippen LogP contribution in [0, 0.1) is 10.1 Å². The highest BCUT2D eigenvalue weighted by Crippen LogP contribution is 2.18. The zero-order valence-corrected chi connectivity index (χ0v) is 13.1. The summed E-state index contributed by atoms with van der Waals surface area (Å²) in [5, 5.41) is 13.5. The van der Waals surface area contributed by atoms with Gasteiger partial charge in [0.1, 0.15) is 11.5 Å². The Morgan fingerprint density at radius 3 is 2.71 bits per heavy atom. The number of amides is 1. The minimum absolute atomic E-state index is 0.122. The molecule has 0 aliphatic carbocycles. The van der Waals surface area contributed by atoms with Crippen LogP contribution in [-0.4, -0.2) is 46.7 Å². The molecular weight excluding hydrogens is 314 g/mol. The molecular formula is C15H17N5O4. The van der Waals surface area contributed by atoms with Crippen molar-refractivity contribution in [1.29, 1.82) is 0 Å². The van der Waals surface area contributed by atoms with Crippen LogP contribution in [0.15, 0.2) is 30.6 Å². The number of pyridine rings is 1. The number of hydrogen-bond acceptors (Lipinski definition) is 6. The molecule has 0 unspecified atom stereocenters. The average molecular weight is 331 g/mol. The fourth-order valence-electron chi connectivity index (χ4n) is 2.51. The van der Waals surface area contributed by atoms with Crippen LogP contribution in [0.1, 0.15) is 10.5 Å². The van der Waals surface area contributed by atoms with Crippen molar-refractivity contribution in [3.05, 3.63) is 46.4 Å². The van der Waals surface area contributed by atoms with Gasteiger partial charge in [-0.15, -0.1) is 0 Å². The van der Waals surface area contributed by atoms with Crippen LogP contribution in [0.4, 0.5) is 17.2 Å². The molecule has 0 atom stereocenters. The lowest BCUT2D eigenvalue weighted by Gasteiger charge is -2.27. The summed E-state index contributed by atoms with van der Waals surface area (Å²) >= 11 is 0. The molecule has 24 heavy (non-hydrogen) atoms. The molecule has 1 aliphatic heterocycles. The third-order valence-corrected chi connectivity index (χ3v) is 3.77. The molecule has 1 aliphatic rings. The number of aryl methyl sites for hydroxylation is 1. The first-order valence-electron chi connectivity index (χ1n) is 7.45. The Labute approximate surface area is 138 Å². The third kappa shape index (κ3) is 3.35. The van der Waals surface area contributed by atoms with E-state index < -0.39 is 10.8 Å². The van der Waals surface area contributed by atoms with Crippen LogP contribution >= 0.6 is 0 Å². The number of anilines is 2. The Bertz CT molecular complexity index is 750. The molecule has 0 spiro atoms. The Kier molecular flexibility index (Phi) is 4.43. The van der Waals surface area contributed by atoms with E-state index in [1.807, 2.05) is 6.07 Å². The van der Waals surface area contributed by atoms with E-state index in [4.69, 9.17) is 4.74 Å². The van der Waals surface area contributed by atoms with Gasteiger partial charge in [0.05, 0.1) is 36.2 Å². The molecule has 9 heteroatoms. The van der Waals surface area contributed by atoms with Crippen molar-refractivity contribution >= 4 is 23.1 Å². The van der Waals surface area contributed by atoms with Gasteiger partial charge in [0.15, 0.2) is 0 Å². The first-order chi connectivity index (χ1) is 11.5. The van der Waals surface area contributed by atoms with Gasteiger partial charge in [-0.05, 0) is 12.1 Å². The van der Waals surface area contributed by atoms with Gasteiger partial charge < -0.3 is 19.5 Å². The predicted octanol–water partition coefficient (Wildman–Crippen LogP) is 1.42. The standard InChI is InChI=1S/C15H17N5O4/c1-18-10-12(20(22)23)8-13(18)15(21)17-11-2-3-14(16-9-11)19-4-6-24-7-5-19/h2-3,8-10H,4-7H2,1H3,(H,17,21).